The predicted octanol–water partition coefficient (Wildman–Crippen LogP) is 8.61. The van der Waals surface area contributed by atoms with E-state index in [4.69, 9.17) is 0 Å². The highest BCUT2D eigenvalue weighted by Gasteiger charge is 2.36. The van der Waals surface area contributed by atoms with Gasteiger partial charge in [0.15, 0.2) is 0 Å². The first-order valence-corrected chi connectivity index (χ1v) is 13.0. The predicted molar refractivity (Wildman–Crippen MR) is 122 cm³/mol. The summed E-state index contributed by atoms with van der Waals surface area (Å²) in [5, 5.41) is 0. The van der Waals surface area contributed by atoms with E-state index in [1.54, 1.807) is 0 Å². The number of benzene rings is 1. The maximum Gasteiger partial charge on any atom is 0.126 e. The Hall–Kier alpha value is -0.850. The zero-order valence-electron chi connectivity index (χ0n) is 19.0. The van der Waals surface area contributed by atoms with E-state index >= 15 is 4.39 Å². The molecule has 0 bridgehead atoms. The summed E-state index contributed by atoms with van der Waals surface area (Å²) in [6.07, 6.45) is 19.8. The first-order chi connectivity index (χ1) is 14.2. The molecule has 0 aromatic heterocycles. The van der Waals surface area contributed by atoms with Crippen LogP contribution in [0.5, 0.6) is 0 Å². The molecule has 0 N–H and O–H groups in total. The number of hydrogen-bond donors (Lipinski definition) is 0. The van der Waals surface area contributed by atoms with Crippen LogP contribution in [0, 0.1) is 29.5 Å². The third-order valence-electron chi connectivity index (χ3n) is 8.72. The van der Waals surface area contributed by atoms with Crippen molar-refractivity contribution in [3.63, 3.8) is 0 Å². The summed E-state index contributed by atoms with van der Waals surface area (Å²) in [5.41, 5.74) is 3.87. The summed E-state index contributed by atoms with van der Waals surface area (Å²) < 4.78 is 15.2. The lowest BCUT2D eigenvalue weighted by Crippen LogP contribution is -2.30. The summed E-state index contributed by atoms with van der Waals surface area (Å²) in [5.74, 6) is 4.14. The van der Waals surface area contributed by atoms with Crippen LogP contribution >= 0.6 is 0 Å². The van der Waals surface area contributed by atoms with Crippen molar-refractivity contribution in [3.05, 3.63) is 34.6 Å². The van der Waals surface area contributed by atoms with Crippen molar-refractivity contribution < 1.29 is 4.39 Å². The van der Waals surface area contributed by atoms with Crippen LogP contribution in [-0.4, -0.2) is 0 Å². The fourth-order valence-electron chi connectivity index (χ4n) is 7.06. The van der Waals surface area contributed by atoms with E-state index in [0.29, 0.717) is 5.92 Å². The third-order valence-corrected chi connectivity index (χ3v) is 8.72. The lowest BCUT2D eigenvalue weighted by atomic mass is 9.63. The highest BCUT2D eigenvalue weighted by molar-refractivity contribution is 5.37. The second-order valence-corrected chi connectivity index (χ2v) is 10.7. The molecule has 0 spiro atoms. The van der Waals surface area contributed by atoms with Gasteiger partial charge in [0.1, 0.15) is 5.82 Å². The van der Waals surface area contributed by atoms with E-state index in [1.807, 2.05) is 6.07 Å². The SMILES string of the molecule is CCCCCC1CCc2cc(C3CCC4CC(CCC)CCC4C3)c(F)cc2C1. The van der Waals surface area contributed by atoms with Gasteiger partial charge >= 0.3 is 0 Å². The Kier molecular flexibility index (Phi) is 7.35. The largest absolute Gasteiger partial charge is 0.207 e. The molecule has 1 aromatic carbocycles. The Labute approximate surface area is 179 Å². The molecule has 0 amide bonds. The smallest absolute Gasteiger partial charge is 0.126 e. The molecule has 4 rings (SSSR count). The molecule has 0 radical (unpaired) electrons. The highest BCUT2D eigenvalue weighted by Crippen LogP contribution is 2.49. The minimum Gasteiger partial charge on any atom is -0.207 e. The van der Waals surface area contributed by atoms with E-state index in [1.165, 1.54) is 101 Å². The van der Waals surface area contributed by atoms with E-state index in [0.717, 1.165) is 35.7 Å². The molecule has 162 valence electrons. The van der Waals surface area contributed by atoms with Crippen LogP contribution in [0.3, 0.4) is 0 Å². The maximum absolute atomic E-state index is 15.2. The van der Waals surface area contributed by atoms with Gasteiger partial charge in [-0.25, -0.2) is 4.39 Å². The normalized spacial score (nSPS) is 31.9. The van der Waals surface area contributed by atoms with Gasteiger partial charge in [0.2, 0.25) is 0 Å². The standard InChI is InChI=1S/C28H43F/c1-3-5-6-8-21-10-12-24-18-27(28(29)19-26(24)16-21)25-14-13-22-15-20(7-4-2)9-11-23(22)17-25/h18-23,25H,3-17H2,1-2H3. The third kappa shape index (κ3) is 5.08. The van der Waals surface area contributed by atoms with Crippen molar-refractivity contribution in [2.24, 2.45) is 23.7 Å². The summed E-state index contributed by atoms with van der Waals surface area (Å²) in [7, 11) is 0. The van der Waals surface area contributed by atoms with Gasteiger partial charge in [0, 0.05) is 0 Å². The van der Waals surface area contributed by atoms with Crippen LogP contribution in [-0.2, 0) is 12.8 Å². The van der Waals surface area contributed by atoms with Crippen molar-refractivity contribution >= 4 is 0 Å². The maximum atomic E-state index is 15.2. The van der Waals surface area contributed by atoms with E-state index in [-0.39, 0.29) is 5.82 Å². The molecular formula is C28H43F. The molecule has 1 heteroatoms. The highest BCUT2D eigenvalue weighted by atomic mass is 19.1. The van der Waals surface area contributed by atoms with Crippen molar-refractivity contribution in [1.82, 2.24) is 0 Å². The van der Waals surface area contributed by atoms with Gasteiger partial charge in [0.05, 0.1) is 0 Å². The topological polar surface area (TPSA) is 0 Å². The van der Waals surface area contributed by atoms with Gasteiger partial charge in [-0.15, -0.1) is 0 Å². The Balaban J connectivity index is 1.39. The molecule has 0 aliphatic heterocycles. The Morgan fingerprint density at radius 2 is 1.62 bits per heavy atom. The number of aryl methyl sites for hydroxylation is 1. The molecule has 0 nitrogen and oxygen atoms in total. The molecule has 0 saturated heterocycles. The lowest BCUT2D eigenvalue weighted by molar-refractivity contribution is 0.113. The molecule has 3 aliphatic rings. The van der Waals surface area contributed by atoms with Gasteiger partial charge < -0.3 is 0 Å². The Bertz CT molecular complexity index is 663. The molecular weight excluding hydrogens is 355 g/mol. The van der Waals surface area contributed by atoms with Crippen LogP contribution in [0.2, 0.25) is 0 Å². The molecule has 2 fully saturated rings. The second-order valence-electron chi connectivity index (χ2n) is 10.7. The van der Waals surface area contributed by atoms with Crippen LogP contribution in [0.4, 0.5) is 4.39 Å². The molecule has 0 heterocycles. The van der Waals surface area contributed by atoms with Crippen molar-refractivity contribution in [3.8, 4) is 0 Å². The summed E-state index contributed by atoms with van der Waals surface area (Å²) in [6.45, 7) is 4.60. The number of rotatable bonds is 7. The quantitative estimate of drug-likeness (QED) is 0.403. The average molecular weight is 399 g/mol. The number of halogens is 1. The summed E-state index contributed by atoms with van der Waals surface area (Å²) >= 11 is 0. The van der Waals surface area contributed by atoms with Crippen LogP contribution in [0.15, 0.2) is 12.1 Å². The summed E-state index contributed by atoms with van der Waals surface area (Å²) in [4.78, 5) is 0. The van der Waals surface area contributed by atoms with Gasteiger partial charge in [-0.1, -0.05) is 64.9 Å². The molecule has 3 aliphatic carbocycles. The van der Waals surface area contributed by atoms with Crippen molar-refractivity contribution in [1.29, 1.82) is 0 Å². The average Bonchev–Trinajstić information content (AvgIpc) is 2.73. The number of unbranched alkanes of at least 4 members (excludes halogenated alkanes) is 2. The molecule has 1 aromatic rings. The molecule has 5 atom stereocenters. The number of hydrogen-bond acceptors (Lipinski definition) is 0. The first kappa shape index (κ1) is 21.4. The molecule has 2 saturated carbocycles. The lowest BCUT2D eigenvalue weighted by Gasteiger charge is -2.42. The minimum absolute atomic E-state index is 0.112. The Morgan fingerprint density at radius 3 is 2.45 bits per heavy atom. The van der Waals surface area contributed by atoms with E-state index in [9.17, 15) is 0 Å². The zero-order chi connectivity index (χ0) is 20.2. The van der Waals surface area contributed by atoms with Crippen LogP contribution < -0.4 is 0 Å². The van der Waals surface area contributed by atoms with Crippen LogP contribution in [0.25, 0.3) is 0 Å². The fourth-order valence-corrected chi connectivity index (χ4v) is 7.06. The van der Waals surface area contributed by atoms with Gasteiger partial charge in [-0.05, 0) is 104 Å². The van der Waals surface area contributed by atoms with E-state index < -0.39 is 0 Å². The second kappa shape index (κ2) is 9.97. The van der Waals surface area contributed by atoms with Gasteiger partial charge in [-0.2, -0.15) is 0 Å². The summed E-state index contributed by atoms with van der Waals surface area (Å²) in [6, 6.07) is 4.25. The van der Waals surface area contributed by atoms with Gasteiger partial charge in [-0.3, -0.25) is 0 Å². The molecule has 29 heavy (non-hydrogen) atoms. The Morgan fingerprint density at radius 1 is 0.793 bits per heavy atom. The van der Waals surface area contributed by atoms with Crippen molar-refractivity contribution in [2.45, 2.75) is 116 Å². The van der Waals surface area contributed by atoms with Gasteiger partial charge in [0.25, 0.3) is 0 Å². The fraction of sp³-hybridized carbons (Fsp3) is 0.786. The zero-order valence-corrected chi connectivity index (χ0v) is 19.0. The van der Waals surface area contributed by atoms with Crippen LogP contribution in [0.1, 0.15) is 120 Å². The number of fused-ring (bicyclic) bond motifs is 2. The molecule has 5 unspecified atom stereocenters. The monoisotopic (exact) mass is 398 g/mol. The van der Waals surface area contributed by atoms with E-state index in [2.05, 4.69) is 19.9 Å². The first-order valence-electron chi connectivity index (χ1n) is 13.0. The minimum atomic E-state index is 0.112. The van der Waals surface area contributed by atoms with Crippen molar-refractivity contribution in [2.75, 3.05) is 0 Å².